The number of benzene rings is 1. The Morgan fingerprint density at radius 1 is 1.22 bits per heavy atom. The summed E-state index contributed by atoms with van der Waals surface area (Å²) in [4.78, 5) is 0. The molecule has 3 heteroatoms. The molecule has 0 saturated carbocycles. The summed E-state index contributed by atoms with van der Waals surface area (Å²) in [6.07, 6.45) is 4.08. The second-order valence-corrected chi connectivity index (χ2v) is 10.9. The van der Waals surface area contributed by atoms with E-state index in [0.717, 1.165) is 11.3 Å². The van der Waals surface area contributed by atoms with E-state index in [0.29, 0.717) is 6.61 Å². The molecular formula is C15H25NOSi. The summed E-state index contributed by atoms with van der Waals surface area (Å²) >= 11 is 0. The number of nitrogen functional groups attached to an aromatic ring is 1. The number of para-hydroxylation sites is 1. The van der Waals surface area contributed by atoms with E-state index in [2.05, 4.69) is 33.9 Å². The van der Waals surface area contributed by atoms with Crippen molar-refractivity contribution in [1.82, 2.24) is 0 Å². The maximum absolute atomic E-state index is 6.07. The molecule has 0 fully saturated rings. The number of anilines is 1. The van der Waals surface area contributed by atoms with E-state index in [9.17, 15) is 0 Å². The predicted octanol–water partition coefficient (Wildman–Crippen LogP) is 4.30. The molecule has 0 aliphatic carbocycles. The lowest BCUT2D eigenvalue weighted by Gasteiger charge is -2.35. The largest absolute Gasteiger partial charge is 0.413 e. The van der Waals surface area contributed by atoms with Crippen molar-refractivity contribution in [2.75, 3.05) is 12.3 Å². The van der Waals surface area contributed by atoms with Gasteiger partial charge in [0.05, 0.1) is 6.61 Å². The molecule has 2 N–H and O–H groups in total. The minimum absolute atomic E-state index is 0.257. The quantitative estimate of drug-likeness (QED) is 0.649. The minimum Gasteiger partial charge on any atom is -0.413 e. The van der Waals surface area contributed by atoms with Crippen molar-refractivity contribution in [3.8, 4) is 0 Å². The van der Waals surface area contributed by atoms with Crippen LogP contribution in [0.15, 0.2) is 30.3 Å². The molecule has 0 unspecified atom stereocenters. The average molecular weight is 263 g/mol. The van der Waals surface area contributed by atoms with Crippen LogP contribution in [-0.4, -0.2) is 14.9 Å². The van der Waals surface area contributed by atoms with Gasteiger partial charge in [0.1, 0.15) is 0 Å². The maximum Gasteiger partial charge on any atom is 0.192 e. The van der Waals surface area contributed by atoms with Gasteiger partial charge in [-0.2, -0.15) is 0 Å². The van der Waals surface area contributed by atoms with Gasteiger partial charge in [0.2, 0.25) is 0 Å². The van der Waals surface area contributed by atoms with Crippen molar-refractivity contribution in [2.45, 2.75) is 38.9 Å². The summed E-state index contributed by atoms with van der Waals surface area (Å²) in [5, 5.41) is 0.257. The summed E-state index contributed by atoms with van der Waals surface area (Å²) in [7, 11) is -1.64. The zero-order valence-corrected chi connectivity index (χ0v) is 13.2. The zero-order valence-electron chi connectivity index (χ0n) is 12.2. The molecule has 1 aromatic carbocycles. The van der Waals surface area contributed by atoms with Crippen molar-refractivity contribution in [3.05, 3.63) is 35.9 Å². The van der Waals surface area contributed by atoms with Gasteiger partial charge in [-0.05, 0) is 29.8 Å². The van der Waals surface area contributed by atoms with E-state index in [1.54, 1.807) is 0 Å². The third kappa shape index (κ3) is 4.00. The van der Waals surface area contributed by atoms with Crippen LogP contribution in [-0.2, 0) is 4.43 Å². The fraction of sp³-hybridized carbons (Fsp3) is 0.467. The fourth-order valence-electron chi connectivity index (χ4n) is 1.31. The molecule has 18 heavy (non-hydrogen) atoms. The van der Waals surface area contributed by atoms with Crippen LogP contribution in [0.2, 0.25) is 18.1 Å². The lowest BCUT2D eigenvalue weighted by atomic mass is 10.2. The van der Waals surface area contributed by atoms with Crippen LogP contribution in [0.5, 0.6) is 0 Å². The zero-order chi connectivity index (χ0) is 13.8. The summed E-state index contributed by atoms with van der Waals surface area (Å²) in [5.41, 5.74) is 7.73. The molecule has 0 atom stereocenters. The van der Waals surface area contributed by atoms with Gasteiger partial charge in [0.25, 0.3) is 0 Å². The van der Waals surface area contributed by atoms with Crippen molar-refractivity contribution in [1.29, 1.82) is 0 Å². The van der Waals surface area contributed by atoms with E-state index < -0.39 is 8.32 Å². The molecule has 100 valence electrons. The SMILES string of the molecule is CC(C)(C)[Si](C)(C)OC/C=C\c1ccccc1N. The predicted molar refractivity (Wildman–Crippen MR) is 83.0 cm³/mol. The Hall–Kier alpha value is -1.06. The van der Waals surface area contributed by atoms with Crippen LogP contribution in [0.3, 0.4) is 0 Å². The molecule has 2 nitrogen and oxygen atoms in total. The molecule has 0 amide bonds. The molecule has 0 aliphatic rings. The first-order chi connectivity index (χ1) is 8.24. The molecule has 0 bridgehead atoms. The highest BCUT2D eigenvalue weighted by atomic mass is 28.4. The molecule has 0 aliphatic heterocycles. The minimum atomic E-state index is -1.64. The Kier molecular flexibility index (Phi) is 4.76. The third-order valence-corrected chi connectivity index (χ3v) is 8.14. The molecule has 0 heterocycles. The summed E-state index contributed by atoms with van der Waals surface area (Å²) in [6, 6.07) is 7.86. The smallest absolute Gasteiger partial charge is 0.192 e. The lowest BCUT2D eigenvalue weighted by Crippen LogP contribution is -2.40. The van der Waals surface area contributed by atoms with Gasteiger partial charge < -0.3 is 10.2 Å². The van der Waals surface area contributed by atoms with Gasteiger partial charge in [-0.3, -0.25) is 0 Å². The van der Waals surface area contributed by atoms with Crippen molar-refractivity contribution in [3.63, 3.8) is 0 Å². The van der Waals surface area contributed by atoms with Gasteiger partial charge in [-0.25, -0.2) is 0 Å². The van der Waals surface area contributed by atoms with E-state index >= 15 is 0 Å². The number of hydrogen-bond acceptors (Lipinski definition) is 2. The highest BCUT2D eigenvalue weighted by molar-refractivity contribution is 6.74. The summed E-state index contributed by atoms with van der Waals surface area (Å²) < 4.78 is 6.07. The van der Waals surface area contributed by atoms with Gasteiger partial charge in [-0.15, -0.1) is 0 Å². The summed E-state index contributed by atoms with van der Waals surface area (Å²) in [5.74, 6) is 0. The molecule has 0 radical (unpaired) electrons. The first-order valence-corrected chi connectivity index (χ1v) is 9.30. The van der Waals surface area contributed by atoms with Gasteiger partial charge in [0.15, 0.2) is 8.32 Å². The average Bonchev–Trinajstić information content (AvgIpc) is 2.25. The van der Waals surface area contributed by atoms with Crippen LogP contribution in [0.1, 0.15) is 26.3 Å². The Morgan fingerprint density at radius 2 is 1.83 bits per heavy atom. The van der Waals surface area contributed by atoms with Crippen LogP contribution in [0.4, 0.5) is 5.69 Å². The van der Waals surface area contributed by atoms with Gasteiger partial charge in [0, 0.05) is 5.69 Å². The van der Waals surface area contributed by atoms with E-state index in [4.69, 9.17) is 10.2 Å². The molecular weight excluding hydrogens is 238 g/mol. The number of hydrogen-bond donors (Lipinski definition) is 1. The van der Waals surface area contributed by atoms with Crippen molar-refractivity contribution in [2.24, 2.45) is 0 Å². The lowest BCUT2D eigenvalue weighted by molar-refractivity contribution is 0.328. The standard InChI is InChI=1S/C15H25NOSi/c1-15(2,3)18(4,5)17-12-8-10-13-9-6-7-11-14(13)16/h6-11H,12,16H2,1-5H3/b10-8-. The Labute approximate surface area is 112 Å². The number of rotatable bonds is 4. The Balaban J connectivity index is 2.55. The van der Waals surface area contributed by atoms with E-state index in [1.165, 1.54) is 0 Å². The molecule has 1 aromatic rings. The maximum atomic E-state index is 6.07. The van der Waals surface area contributed by atoms with Gasteiger partial charge in [-0.1, -0.05) is 51.1 Å². The van der Waals surface area contributed by atoms with Crippen LogP contribution < -0.4 is 5.73 Å². The van der Waals surface area contributed by atoms with E-state index in [-0.39, 0.29) is 5.04 Å². The first kappa shape index (κ1) is 15.0. The Bertz CT molecular complexity index is 419. The first-order valence-electron chi connectivity index (χ1n) is 6.39. The molecule has 0 spiro atoms. The fourth-order valence-corrected chi connectivity index (χ4v) is 2.26. The second-order valence-electron chi connectivity index (χ2n) is 6.10. The van der Waals surface area contributed by atoms with Crippen molar-refractivity contribution < 1.29 is 4.43 Å². The highest BCUT2D eigenvalue weighted by Crippen LogP contribution is 2.36. The normalized spacial score (nSPS) is 13.2. The van der Waals surface area contributed by atoms with Crippen molar-refractivity contribution >= 4 is 20.1 Å². The monoisotopic (exact) mass is 263 g/mol. The van der Waals surface area contributed by atoms with Crippen LogP contribution in [0, 0.1) is 0 Å². The van der Waals surface area contributed by atoms with E-state index in [1.807, 2.05) is 36.4 Å². The number of nitrogens with two attached hydrogens (primary N) is 1. The third-order valence-electron chi connectivity index (χ3n) is 3.64. The van der Waals surface area contributed by atoms with Crippen LogP contribution >= 0.6 is 0 Å². The topological polar surface area (TPSA) is 35.2 Å². The molecule has 1 rings (SSSR count). The Morgan fingerprint density at radius 3 is 2.39 bits per heavy atom. The highest BCUT2D eigenvalue weighted by Gasteiger charge is 2.36. The summed E-state index contributed by atoms with van der Waals surface area (Å²) in [6.45, 7) is 11.9. The molecule has 0 saturated heterocycles. The van der Waals surface area contributed by atoms with Crippen LogP contribution in [0.25, 0.3) is 6.08 Å². The second kappa shape index (κ2) is 5.72. The van der Waals surface area contributed by atoms with Gasteiger partial charge >= 0.3 is 0 Å². The molecule has 0 aromatic heterocycles.